The number of benzene rings is 2. The zero-order chi connectivity index (χ0) is 21.6. The molecule has 0 aliphatic carbocycles. The van der Waals surface area contributed by atoms with Crippen LogP contribution in [-0.4, -0.2) is 25.5 Å². The molecule has 4 aromatic rings. The number of ketones is 1. The molecule has 0 unspecified atom stereocenters. The minimum atomic E-state index is -1.28. The predicted octanol–water partition coefficient (Wildman–Crippen LogP) is 3.59. The van der Waals surface area contributed by atoms with E-state index >= 15 is 0 Å². The normalized spacial score (nSPS) is 13.2. The van der Waals surface area contributed by atoms with E-state index in [-0.39, 0.29) is 6.42 Å². The molecule has 0 aliphatic rings. The maximum atomic E-state index is 13.7. The third-order valence-electron chi connectivity index (χ3n) is 3.96. The maximum Gasteiger partial charge on any atom is 0.168 e. The molecule has 6 heteroatoms. The number of hydrogen-bond acceptors (Lipinski definition) is 4. The van der Waals surface area contributed by atoms with E-state index in [4.69, 9.17) is 5.48 Å². The highest BCUT2D eigenvalue weighted by Crippen LogP contribution is 2.23. The Hall–Kier alpha value is -3.41. The molecular formula is C20H15FN4O. The second-order valence-corrected chi connectivity index (χ2v) is 5.79. The number of carbonyl (C=O) groups is 1. The number of rotatable bonds is 4. The molecule has 0 bridgehead atoms. The van der Waals surface area contributed by atoms with Gasteiger partial charge in [0.2, 0.25) is 0 Å². The number of nitrogens with zero attached hydrogens (tertiary/aromatic N) is 4. The Morgan fingerprint density at radius 1 is 1.19 bits per heavy atom. The summed E-state index contributed by atoms with van der Waals surface area (Å²) in [5.74, 6) is -1.97. The first-order valence-corrected chi connectivity index (χ1v) is 7.80. The van der Waals surface area contributed by atoms with Crippen LogP contribution in [0, 0.1) is 5.82 Å². The summed E-state index contributed by atoms with van der Waals surface area (Å²) in [7, 11) is 1.88. The van der Waals surface area contributed by atoms with Crippen molar-refractivity contribution in [2.24, 2.45) is 7.05 Å². The summed E-state index contributed by atoms with van der Waals surface area (Å²) < 4.78 is 46.4. The molecule has 0 saturated carbocycles. The van der Waals surface area contributed by atoms with Crippen LogP contribution in [0.5, 0.6) is 0 Å². The fourth-order valence-corrected chi connectivity index (χ4v) is 2.66. The van der Waals surface area contributed by atoms with E-state index in [2.05, 4.69) is 15.2 Å². The molecule has 0 aliphatic heterocycles. The van der Waals surface area contributed by atoms with Gasteiger partial charge < -0.3 is 4.57 Å². The molecular weight excluding hydrogens is 331 g/mol. The van der Waals surface area contributed by atoms with Gasteiger partial charge in [0.25, 0.3) is 0 Å². The molecule has 5 nitrogen and oxygen atoms in total. The van der Waals surface area contributed by atoms with Gasteiger partial charge in [-0.3, -0.25) is 4.79 Å². The van der Waals surface area contributed by atoms with E-state index in [0.717, 1.165) is 16.6 Å². The molecule has 0 saturated heterocycles. The minimum Gasteiger partial charge on any atom is -0.334 e. The van der Waals surface area contributed by atoms with Gasteiger partial charge in [-0.05, 0) is 42.4 Å². The lowest BCUT2D eigenvalue weighted by molar-refractivity contribution is 0.0991. The Labute approximate surface area is 154 Å². The Kier molecular flexibility index (Phi) is 3.00. The van der Waals surface area contributed by atoms with Crippen LogP contribution < -0.4 is 0 Å². The molecule has 0 radical (unpaired) electrons. The summed E-state index contributed by atoms with van der Waals surface area (Å²) in [5.41, 5.74) is 2.28. The molecule has 0 N–H and O–H groups in total. The van der Waals surface area contributed by atoms with Gasteiger partial charge in [-0.1, -0.05) is 6.07 Å². The van der Waals surface area contributed by atoms with E-state index in [9.17, 15) is 9.18 Å². The fraction of sp³-hybridized carbons (Fsp3) is 0.100. The average Bonchev–Trinajstić information content (AvgIpc) is 3.16. The van der Waals surface area contributed by atoms with Gasteiger partial charge in [0, 0.05) is 23.6 Å². The molecule has 2 aromatic heterocycles. The van der Waals surface area contributed by atoms with Crippen molar-refractivity contribution in [2.75, 3.05) is 0 Å². The molecule has 4 rings (SSSR count). The van der Waals surface area contributed by atoms with Crippen LogP contribution in [-0.2, 0) is 13.5 Å². The number of imidazole rings is 1. The van der Waals surface area contributed by atoms with E-state index in [1.807, 2.05) is 23.7 Å². The van der Waals surface area contributed by atoms with E-state index in [1.54, 1.807) is 24.7 Å². The number of halogens is 1. The molecule has 0 atom stereocenters. The number of hydrogen-bond donors (Lipinski definition) is 0. The largest absolute Gasteiger partial charge is 0.334 e. The zero-order valence-electron chi connectivity index (χ0n) is 17.7. The van der Waals surface area contributed by atoms with Crippen LogP contribution in [0.2, 0.25) is 0 Å². The van der Waals surface area contributed by atoms with Gasteiger partial charge in [0.05, 0.1) is 41.3 Å². The number of carbonyl (C=O) groups excluding carboxylic acids is 1. The quantitative estimate of drug-likeness (QED) is 0.528. The van der Waals surface area contributed by atoms with Crippen molar-refractivity contribution in [3.05, 3.63) is 78.0 Å². The van der Waals surface area contributed by atoms with Crippen LogP contribution >= 0.6 is 0 Å². The lowest BCUT2D eigenvalue weighted by atomic mass is 10.0. The second kappa shape index (κ2) is 6.48. The summed E-state index contributed by atoms with van der Waals surface area (Å²) in [4.78, 5) is 16.8. The van der Waals surface area contributed by atoms with Gasteiger partial charge >= 0.3 is 0 Å². The highest BCUT2D eigenvalue weighted by Gasteiger charge is 2.11. The summed E-state index contributed by atoms with van der Waals surface area (Å²) in [5, 5.41) is 8.88. The first-order valence-electron chi connectivity index (χ1n) is 9.80. The zero-order valence-corrected chi connectivity index (χ0v) is 13.7. The van der Waals surface area contributed by atoms with Crippen molar-refractivity contribution in [3.63, 3.8) is 0 Å². The first-order chi connectivity index (χ1) is 14.3. The van der Waals surface area contributed by atoms with Crippen molar-refractivity contribution in [3.8, 4) is 11.3 Å². The molecule has 128 valence electrons. The lowest BCUT2D eigenvalue weighted by Crippen LogP contribution is -2.06. The molecule has 2 aromatic carbocycles. The Morgan fingerprint density at radius 2 is 2.00 bits per heavy atom. The van der Waals surface area contributed by atoms with Crippen LogP contribution in [0.4, 0.5) is 4.39 Å². The average molecular weight is 350 g/mol. The molecule has 26 heavy (non-hydrogen) atoms. The van der Waals surface area contributed by atoms with Crippen molar-refractivity contribution < 1.29 is 14.7 Å². The third kappa shape index (κ3) is 3.09. The molecule has 2 heterocycles. The SMILES string of the molecule is [2H]c1c([2H])c(C(=O)Cc2cc3cc(-c4cncn4C)ccc3nn2)c([2H])c([2H])c1F. The van der Waals surface area contributed by atoms with Crippen LogP contribution in [0.25, 0.3) is 22.2 Å². The third-order valence-corrected chi connectivity index (χ3v) is 3.96. The van der Waals surface area contributed by atoms with Gasteiger partial charge in [-0.25, -0.2) is 9.37 Å². The van der Waals surface area contributed by atoms with Crippen molar-refractivity contribution >= 4 is 16.7 Å². The van der Waals surface area contributed by atoms with E-state index < -0.39 is 41.3 Å². The number of aromatic nitrogens is 4. The Bertz CT molecular complexity index is 1290. The van der Waals surface area contributed by atoms with Crippen LogP contribution in [0.3, 0.4) is 0 Å². The number of Topliss-reactive ketones (excluding diaryl/α,β-unsaturated/α-hetero) is 1. The van der Waals surface area contributed by atoms with Crippen molar-refractivity contribution in [2.45, 2.75) is 6.42 Å². The Balaban J connectivity index is 1.71. The van der Waals surface area contributed by atoms with E-state index in [1.165, 1.54) is 0 Å². The van der Waals surface area contributed by atoms with Gasteiger partial charge in [0.15, 0.2) is 5.78 Å². The topological polar surface area (TPSA) is 60.7 Å². The number of aryl methyl sites for hydroxylation is 1. The summed E-state index contributed by atoms with van der Waals surface area (Å²) in [6, 6.07) is 4.12. The standard InChI is InChI=1S/C20H15FN4O/c1-25-12-22-11-19(25)14-4-7-18-15(8-14)9-17(23-24-18)10-20(26)13-2-5-16(21)6-3-13/h2-9,11-12H,10H2,1H3/i2D,3D,5D,6D. The van der Waals surface area contributed by atoms with Gasteiger partial charge in [-0.2, -0.15) is 10.2 Å². The predicted molar refractivity (Wildman–Crippen MR) is 96.2 cm³/mol. The second-order valence-electron chi connectivity index (χ2n) is 5.79. The van der Waals surface area contributed by atoms with Crippen molar-refractivity contribution in [1.29, 1.82) is 0 Å². The van der Waals surface area contributed by atoms with E-state index in [0.29, 0.717) is 11.2 Å². The Morgan fingerprint density at radius 3 is 2.73 bits per heavy atom. The van der Waals surface area contributed by atoms with Crippen LogP contribution in [0.15, 0.2) is 61.0 Å². The fourth-order valence-electron chi connectivity index (χ4n) is 2.66. The summed E-state index contributed by atoms with van der Waals surface area (Å²) in [6.45, 7) is 0. The smallest absolute Gasteiger partial charge is 0.168 e. The van der Waals surface area contributed by atoms with Crippen molar-refractivity contribution in [1.82, 2.24) is 19.7 Å². The lowest BCUT2D eigenvalue weighted by Gasteiger charge is -2.06. The highest BCUT2D eigenvalue weighted by molar-refractivity contribution is 5.97. The first kappa shape index (κ1) is 12.0. The highest BCUT2D eigenvalue weighted by atomic mass is 19.1. The summed E-state index contributed by atoms with van der Waals surface area (Å²) in [6.07, 6.45) is 3.13. The van der Waals surface area contributed by atoms with Crippen LogP contribution in [0.1, 0.15) is 21.5 Å². The minimum absolute atomic E-state index is 0.291. The molecule has 0 amide bonds. The van der Waals surface area contributed by atoms with Gasteiger partial charge in [-0.15, -0.1) is 0 Å². The monoisotopic (exact) mass is 350 g/mol. The molecule has 0 spiro atoms. The summed E-state index contributed by atoms with van der Waals surface area (Å²) >= 11 is 0. The maximum absolute atomic E-state index is 13.7. The van der Waals surface area contributed by atoms with Gasteiger partial charge in [0.1, 0.15) is 5.82 Å². The number of fused-ring (bicyclic) bond motifs is 1. The molecule has 0 fully saturated rings.